The van der Waals surface area contributed by atoms with Gasteiger partial charge in [-0.3, -0.25) is 4.99 Å². The van der Waals surface area contributed by atoms with Gasteiger partial charge in [-0.25, -0.2) is 4.98 Å². The first-order valence-corrected chi connectivity index (χ1v) is 7.38. The largest absolute Gasteiger partial charge is 0.367 e. The lowest BCUT2D eigenvalue weighted by Crippen LogP contribution is -2.41. The summed E-state index contributed by atoms with van der Waals surface area (Å²) in [7, 11) is 0. The van der Waals surface area contributed by atoms with E-state index >= 15 is 0 Å². The number of rotatable bonds is 6. The maximum atomic E-state index is 6.02. The fraction of sp³-hybridized carbons (Fsp3) is 0.538. The lowest BCUT2D eigenvalue weighted by Gasteiger charge is -2.14. The summed E-state index contributed by atoms with van der Waals surface area (Å²) in [6.07, 6.45) is 1.56. The van der Waals surface area contributed by atoms with E-state index in [0.717, 1.165) is 12.5 Å². The molecule has 0 atom stereocenters. The maximum Gasteiger partial charge on any atom is 0.191 e. The third kappa shape index (κ3) is 6.30. The van der Waals surface area contributed by atoms with Crippen molar-refractivity contribution < 1.29 is 0 Å². The molecule has 0 spiro atoms. The summed E-state index contributed by atoms with van der Waals surface area (Å²) in [5, 5.41) is 10.6. The highest BCUT2D eigenvalue weighted by Gasteiger charge is 2.02. The van der Waals surface area contributed by atoms with Crippen LogP contribution < -0.4 is 16.0 Å². The van der Waals surface area contributed by atoms with Crippen LogP contribution in [0.1, 0.15) is 20.8 Å². The van der Waals surface area contributed by atoms with E-state index in [4.69, 9.17) is 23.2 Å². The second-order valence-electron chi connectivity index (χ2n) is 4.47. The molecule has 0 amide bonds. The van der Waals surface area contributed by atoms with Crippen LogP contribution in [0.3, 0.4) is 0 Å². The second-order valence-corrected chi connectivity index (χ2v) is 5.31. The van der Waals surface area contributed by atoms with Crippen molar-refractivity contribution in [2.24, 2.45) is 4.99 Å². The number of anilines is 1. The van der Waals surface area contributed by atoms with E-state index in [1.165, 1.54) is 0 Å². The summed E-state index contributed by atoms with van der Waals surface area (Å²) in [5.41, 5.74) is 0. The smallest absolute Gasteiger partial charge is 0.191 e. The molecule has 0 radical (unpaired) electrons. The van der Waals surface area contributed by atoms with Gasteiger partial charge in [0, 0.05) is 25.3 Å². The Hall–Kier alpha value is -1.20. The molecular weight excluding hydrogens is 297 g/mol. The Bertz CT molecular complexity index is 448. The standard InChI is InChI=1S/C13H21Cl2N5/c1-4-16-13(20-9(2)3)18-6-5-17-12-11(15)7-10(14)8-19-12/h7-9H,4-6H2,1-3H3,(H,17,19)(H2,16,18,20). The molecule has 7 heteroatoms. The van der Waals surface area contributed by atoms with Crippen molar-refractivity contribution in [3.63, 3.8) is 0 Å². The predicted octanol–water partition coefficient (Wildman–Crippen LogP) is 2.76. The van der Waals surface area contributed by atoms with E-state index < -0.39 is 0 Å². The van der Waals surface area contributed by atoms with E-state index in [1.807, 2.05) is 6.92 Å². The summed E-state index contributed by atoms with van der Waals surface area (Å²) in [4.78, 5) is 8.58. The summed E-state index contributed by atoms with van der Waals surface area (Å²) in [6.45, 7) is 8.26. The van der Waals surface area contributed by atoms with Crippen LogP contribution in [-0.2, 0) is 0 Å². The Morgan fingerprint density at radius 2 is 2.15 bits per heavy atom. The van der Waals surface area contributed by atoms with E-state index in [1.54, 1.807) is 12.3 Å². The van der Waals surface area contributed by atoms with E-state index in [2.05, 4.69) is 39.8 Å². The Morgan fingerprint density at radius 1 is 1.40 bits per heavy atom. The van der Waals surface area contributed by atoms with Gasteiger partial charge in [-0.05, 0) is 26.8 Å². The molecule has 112 valence electrons. The second kappa shape index (κ2) is 8.87. The molecule has 0 saturated heterocycles. The molecular formula is C13H21Cl2N5. The highest BCUT2D eigenvalue weighted by Crippen LogP contribution is 2.21. The van der Waals surface area contributed by atoms with Gasteiger partial charge in [0.2, 0.25) is 0 Å². The fourth-order valence-electron chi connectivity index (χ4n) is 1.48. The molecule has 3 N–H and O–H groups in total. The first kappa shape index (κ1) is 16.9. The number of nitrogens with zero attached hydrogens (tertiary/aromatic N) is 2. The maximum absolute atomic E-state index is 6.02. The van der Waals surface area contributed by atoms with Crippen LogP contribution in [0.2, 0.25) is 10.0 Å². The lowest BCUT2D eigenvalue weighted by molar-refractivity contribution is 0.701. The number of aromatic nitrogens is 1. The highest BCUT2D eigenvalue weighted by molar-refractivity contribution is 6.35. The molecule has 5 nitrogen and oxygen atoms in total. The van der Waals surface area contributed by atoms with Crippen LogP contribution in [0.15, 0.2) is 17.3 Å². The molecule has 0 aliphatic heterocycles. The molecule has 1 heterocycles. The number of hydrogen-bond donors (Lipinski definition) is 3. The molecule has 0 aliphatic rings. The van der Waals surface area contributed by atoms with Gasteiger partial charge in [-0.15, -0.1) is 0 Å². The van der Waals surface area contributed by atoms with Crippen LogP contribution in [-0.4, -0.2) is 36.6 Å². The van der Waals surface area contributed by atoms with Crippen molar-refractivity contribution >= 4 is 35.0 Å². The van der Waals surface area contributed by atoms with Crippen molar-refractivity contribution in [1.82, 2.24) is 15.6 Å². The van der Waals surface area contributed by atoms with Crippen molar-refractivity contribution in [1.29, 1.82) is 0 Å². The molecule has 20 heavy (non-hydrogen) atoms. The lowest BCUT2D eigenvalue weighted by atomic mass is 10.4. The van der Waals surface area contributed by atoms with E-state index in [-0.39, 0.29) is 0 Å². The van der Waals surface area contributed by atoms with Crippen LogP contribution >= 0.6 is 23.2 Å². The molecule has 0 saturated carbocycles. The number of aliphatic imine (C=N–C) groups is 1. The molecule has 0 aromatic carbocycles. The van der Waals surface area contributed by atoms with Crippen molar-refractivity contribution in [3.05, 3.63) is 22.3 Å². The van der Waals surface area contributed by atoms with Gasteiger partial charge in [0.05, 0.1) is 16.6 Å². The number of halogens is 2. The Morgan fingerprint density at radius 3 is 2.75 bits per heavy atom. The number of pyridine rings is 1. The molecule has 0 fully saturated rings. The van der Waals surface area contributed by atoms with Crippen molar-refractivity contribution in [2.75, 3.05) is 25.0 Å². The molecule has 0 aliphatic carbocycles. The minimum atomic E-state index is 0.341. The van der Waals surface area contributed by atoms with Gasteiger partial charge in [0.25, 0.3) is 0 Å². The average molecular weight is 318 g/mol. The zero-order valence-corrected chi connectivity index (χ0v) is 13.5. The van der Waals surface area contributed by atoms with Crippen molar-refractivity contribution in [3.8, 4) is 0 Å². The predicted molar refractivity (Wildman–Crippen MR) is 87.0 cm³/mol. The number of hydrogen-bond acceptors (Lipinski definition) is 3. The van der Waals surface area contributed by atoms with Crippen LogP contribution in [0.5, 0.6) is 0 Å². The zero-order chi connectivity index (χ0) is 15.0. The molecule has 1 aromatic rings. The fourth-order valence-corrected chi connectivity index (χ4v) is 1.93. The quantitative estimate of drug-likeness (QED) is 0.429. The third-order valence-electron chi connectivity index (χ3n) is 2.25. The summed E-state index contributed by atoms with van der Waals surface area (Å²) >= 11 is 11.8. The SMILES string of the molecule is CCNC(=NCCNc1ncc(Cl)cc1Cl)NC(C)C. The number of nitrogens with one attached hydrogen (secondary N) is 3. The molecule has 1 rings (SSSR count). The number of guanidine groups is 1. The zero-order valence-electron chi connectivity index (χ0n) is 12.0. The first-order chi connectivity index (χ1) is 9.52. The molecule has 0 bridgehead atoms. The van der Waals surface area contributed by atoms with E-state index in [0.29, 0.717) is 35.0 Å². The third-order valence-corrected chi connectivity index (χ3v) is 2.75. The highest BCUT2D eigenvalue weighted by atomic mass is 35.5. The molecule has 1 aromatic heterocycles. The van der Waals surface area contributed by atoms with Crippen LogP contribution in [0.4, 0.5) is 5.82 Å². The van der Waals surface area contributed by atoms with Gasteiger partial charge in [-0.1, -0.05) is 23.2 Å². The van der Waals surface area contributed by atoms with Crippen molar-refractivity contribution in [2.45, 2.75) is 26.8 Å². The average Bonchev–Trinajstić information content (AvgIpc) is 2.36. The van der Waals surface area contributed by atoms with Gasteiger partial charge in [-0.2, -0.15) is 0 Å². The van der Waals surface area contributed by atoms with Crippen LogP contribution in [0.25, 0.3) is 0 Å². The monoisotopic (exact) mass is 317 g/mol. The van der Waals surface area contributed by atoms with Gasteiger partial charge >= 0.3 is 0 Å². The Kier molecular flexibility index (Phi) is 7.47. The van der Waals surface area contributed by atoms with Gasteiger partial charge < -0.3 is 16.0 Å². The van der Waals surface area contributed by atoms with E-state index in [9.17, 15) is 0 Å². The molecule has 0 unspecified atom stereocenters. The minimum absolute atomic E-state index is 0.341. The van der Waals surface area contributed by atoms with Crippen LogP contribution in [0, 0.1) is 0 Å². The Labute approximate surface area is 130 Å². The summed E-state index contributed by atoms with van der Waals surface area (Å²) < 4.78 is 0. The summed E-state index contributed by atoms with van der Waals surface area (Å²) in [6, 6.07) is 2.00. The summed E-state index contributed by atoms with van der Waals surface area (Å²) in [5.74, 6) is 1.42. The minimum Gasteiger partial charge on any atom is -0.367 e. The van der Waals surface area contributed by atoms with Gasteiger partial charge in [0.1, 0.15) is 5.82 Å². The van der Waals surface area contributed by atoms with Gasteiger partial charge in [0.15, 0.2) is 5.96 Å². The first-order valence-electron chi connectivity index (χ1n) is 6.62. The Balaban J connectivity index is 2.45. The normalized spacial score (nSPS) is 11.6. The topological polar surface area (TPSA) is 61.3 Å².